The van der Waals surface area contributed by atoms with Crippen molar-refractivity contribution < 1.29 is 4.79 Å². The van der Waals surface area contributed by atoms with E-state index in [0.29, 0.717) is 12.5 Å². The fourth-order valence-electron chi connectivity index (χ4n) is 4.07. The molecule has 140 valence electrons. The zero-order valence-corrected chi connectivity index (χ0v) is 16.5. The molecule has 0 saturated heterocycles. The van der Waals surface area contributed by atoms with Gasteiger partial charge in [0.25, 0.3) is 0 Å². The largest absolute Gasteiger partial charge is 0.355 e. The number of benzene rings is 2. The minimum Gasteiger partial charge on any atom is -0.355 e. The van der Waals surface area contributed by atoms with E-state index in [1.54, 1.807) is 11.3 Å². The summed E-state index contributed by atoms with van der Waals surface area (Å²) in [7, 11) is 0. The van der Waals surface area contributed by atoms with Crippen molar-refractivity contribution in [1.29, 1.82) is 0 Å². The number of aromatic nitrogens is 1. The third-order valence-corrected chi connectivity index (χ3v) is 6.85. The zero-order chi connectivity index (χ0) is 18.6. The van der Waals surface area contributed by atoms with Gasteiger partial charge in [-0.1, -0.05) is 62.2 Å². The Balaban J connectivity index is 1.46. The van der Waals surface area contributed by atoms with Crippen molar-refractivity contribution in [3.8, 4) is 0 Å². The first-order valence-electron chi connectivity index (χ1n) is 9.90. The number of amides is 1. The fraction of sp³-hybridized carbons (Fsp3) is 0.391. The van der Waals surface area contributed by atoms with E-state index >= 15 is 0 Å². The number of nitrogens with zero attached hydrogens (tertiary/aromatic N) is 1. The molecule has 0 bridgehead atoms. The summed E-state index contributed by atoms with van der Waals surface area (Å²) in [6, 6.07) is 18.7. The Morgan fingerprint density at radius 1 is 1.11 bits per heavy atom. The lowest BCUT2D eigenvalue weighted by Gasteiger charge is -2.29. The van der Waals surface area contributed by atoms with Crippen LogP contribution < -0.4 is 5.32 Å². The van der Waals surface area contributed by atoms with Crippen molar-refractivity contribution in [1.82, 2.24) is 10.3 Å². The molecule has 0 unspecified atom stereocenters. The summed E-state index contributed by atoms with van der Waals surface area (Å²) >= 11 is 1.76. The van der Waals surface area contributed by atoms with Gasteiger partial charge in [0.05, 0.1) is 15.2 Å². The second-order valence-corrected chi connectivity index (χ2v) is 8.64. The molecule has 1 heterocycles. The first kappa shape index (κ1) is 18.2. The van der Waals surface area contributed by atoms with Crippen molar-refractivity contribution in [3.63, 3.8) is 0 Å². The molecule has 1 N–H and O–H groups in total. The average molecular weight is 379 g/mol. The molecular weight excluding hydrogens is 352 g/mol. The number of para-hydroxylation sites is 1. The van der Waals surface area contributed by atoms with Crippen molar-refractivity contribution in [3.05, 3.63) is 65.2 Å². The van der Waals surface area contributed by atoms with Crippen LogP contribution in [0, 0.1) is 5.92 Å². The molecule has 4 heteroatoms. The maximum atomic E-state index is 13.0. The Hall–Kier alpha value is -2.20. The quantitative estimate of drug-likeness (QED) is 0.638. The molecule has 4 rings (SSSR count). The minimum atomic E-state index is 0.0438. The molecule has 1 fully saturated rings. The van der Waals surface area contributed by atoms with Crippen LogP contribution in [0.1, 0.15) is 55.0 Å². The lowest BCUT2D eigenvalue weighted by molar-refractivity contribution is -0.126. The summed E-state index contributed by atoms with van der Waals surface area (Å²) < 4.78 is 1.22. The van der Waals surface area contributed by atoms with Crippen LogP contribution in [0.5, 0.6) is 0 Å². The summed E-state index contributed by atoms with van der Waals surface area (Å²) in [5.74, 6) is 0.812. The number of carbonyl (C=O) groups is 1. The Morgan fingerprint density at radius 3 is 2.67 bits per heavy atom. The highest BCUT2D eigenvalue weighted by molar-refractivity contribution is 7.18. The van der Waals surface area contributed by atoms with Crippen LogP contribution in [-0.4, -0.2) is 17.4 Å². The Kier molecular flexibility index (Phi) is 5.53. The van der Waals surface area contributed by atoms with Crippen molar-refractivity contribution >= 4 is 27.5 Å². The van der Waals surface area contributed by atoms with Crippen molar-refractivity contribution in [2.24, 2.45) is 5.92 Å². The Bertz CT molecular complexity index is 872. The molecule has 0 spiro atoms. The second-order valence-electron chi connectivity index (χ2n) is 7.57. The smallest absolute Gasteiger partial charge is 0.223 e. The van der Waals surface area contributed by atoms with Gasteiger partial charge in [-0.2, -0.15) is 0 Å². The van der Waals surface area contributed by atoms with Crippen LogP contribution >= 0.6 is 11.3 Å². The van der Waals surface area contributed by atoms with Gasteiger partial charge < -0.3 is 5.32 Å². The predicted molar refractivity (Wildman–Crippen MR) is 112 cm³/mol. The van der Waals surface area contributed by atoms with Crippen LogP contribution in [0.15, 0.2) is 54.6 Å². The number of thiazole rings is 1. The molecule has 1 amide bonds. The molecule has 1 aliphatic rings. The number of carbonyl (C=O) groups excluding carboxylic acids is 1. The molecule has 1 aliphatic carbocycles. The summed E-state index contributed by atoms with van der Waals surface area (Å²) in [5.41, 5.74) is 2.32. The van der Waals surface area contributed by atoms with E-state index < -0.39 is 0 Å². The van der Waals surface area contributed by atoms with Crippen LogP contribution in [0.3, 0.4) is 0 Å². The Morgan fingerprint density at radius 2 is 1.85 bits per heavy atom. The number of rotatable bonds is 5. The molecule has 0 aliphatic heterocycles. The topological polar surface area (TPSA) is 42.0 Å². The van der Waals surface area contributed by atoms with Gasteiger partial charge in [0, 0.05) is 18.4 Å². The Labute approximate surface area is 164 Å². The van der Waals surface area contributed by atoms with Gasteiger partial charge in [0.2, 0.25) is 5.91 Å². The van der Waals surface area contributed by atoms with E-state index in [0.717, 1.165) is 29.8 Å². The molecule has 3 atom stereocenters. The molecule has 0 radical (unpaired) electrons. The summed E-state index contributed by atoms with van der Waals surface area (Å²) in [4.78, 5) is 17.8. The molecule has 1 saturated carbocycles. The van der Waals surface area contributed by atoms with Crippen LogP contribution in [-0.2, 0) is 4.79 Å². The number of hydrogen-bond acceptors (Lipinski definition) is 3. The average Bonchev–Trinajstić information content (AvgIpc) is 3.16. The van der Waals surface area contributed by atoms with Gasteiger partial charge in [-0.05, 0) is 36.5 Å². The van der Waals surface area contributed by atoms with Gasteiger partial charge in [-0.25, -0.2) is 4.98 Å². The number of fused-ring (bicyclic) bond motifs is 1. The fourth-order valence-corrected chi connectivity index (χ4v) is 5.24. The van der Waals surface area contributed by atoms with Gasteiger partial charge in [-0.3, -0.25) is 4.79 Å². The standard InChI is InChI=1S/C23H26N2OS/c1-16(17-9-3-2-4-10-17)15-24-22(26)18-11-5-6-12-19(18)23-25-20-13-7-8-14-21(20)27-23/h2-4,7-10,13-14,16,18-19H,5-6,11-12,15H2,1H3,(H,24,26)/t16-,18-,19+/m1/s1. The molecule has 2 aromatic carbocycles. The highest BCUT2D eigenvalue weighted by Gasteiger charge is 2.34. The molecule has 3 nitrogen and oxygen atoms in total. The van der Waals surface area contributed by atoms with E-state index in [-0.39, 0.29) is 17.7 Å². The van der Waals surface area contributed by atoms with Gasteiger partial charge >= 0.3 is 0 Å². The van der Waals surface area contributed by atoms with Crippen molar-refractivity contribution in [2.45, 2.75) is 44.4 Å². The van der Waals surface area contributed by atoms with Crippen LogP contribution in [0.25, 0.3) is 10.2 Å². The summed E-state index contributed by atoms with van der Waals surface area (Å²) in [6.45, 7) is 2.85. The third-order valence-electron chi connectivity index (χ3n) is 5.68. The highest BCUT2D eigenvalue weighted by atomic mass is 32.1. The molecule has 27 heavy (non-hydrogen) atoms. The van der Waals surface area contributed by atoms with Gasteiger partial charge in [-0.15, -0.1) is 11.3 Å². The summed E-state index contributed by atoms with van der Waals surface area (Å²) in [5, 5.41) is 4.35. The molecular formula is C23H26N2OS. The van der Waals surface area contributed by atoms with E-state index in [4.69, 9.17) is 4.98 Å². The molecule has 1 aromatic heterocycles. The van der Waals surface area contributed by atoms with E-state index in [1.807, 2.05) is 12.1 Å². The first-order chi connectivity index (χ1) is 13.2. The van der Waals surface area contributed by atoms with E-state index in [2.05, 4.69) is 54.7 Å². The number of hydrogen-bond donors (Lipinski definition) is 1. The lowest BCUT2D eigenvalue weighted by atomic mass is 9.79. The van der Waals surface area contributed by atoms with Crippen molar-refractivity contribution in [2.75, 3.05) is 6.54 Å². The third kappa shape index (κ3) is 4.06. The van der Waals surface area contributed by atoms with E-state index in [9.17, 15) is 4.79 Å². The number of nitrogens with one attached hydrogen (secondary N) is 1. The second kappa shape index (κ2) is 8.22. The predicted octanol–water partition coefficient (Wildman–Crippen LogP) is 5.49. The van der Waals surface area contributed by atoms with E-state index in [1.165, 1.54) is 16.7 Å². The molecule has 3 aromatic rings. The van der Waals surface area contributed by atoms with Gasteiger partial charge in [0.1, 0.15) is 0 Å². The zero-order valence-electron chi connectivity index (χ0n) is 15.7. The maximum absolute atomic E-state index is 13.0. The van der Waals surface area contributed by atoms with Crippen LogP contribution in [0.4, 0.5) is 0 Å². The highest BCUT2D eigenvalue weighted by Crippen LogP contribution is 2.40. The summed E-state index contributed by atoms with van der Waals surface area (Å²) in [6.07, 6.45) is 4.34. The maximum Gasteiger partial charge on any atom is 0.223 e. The monoisotopic (exact) mass is 378 g/mol. The SMILES string of the molecule is C[C@H](CNC(=O)[C@@H]1CCCC[C@@H]1c1nc2ccccc2s1)c1ccccc1. The minimum absolute atomic E-state index is 0.0438. The first-order valence-corrected chi connectivity index (χ1v) is 10.7. The van der Waals surface area contributed by atoms with Gasteiger partial charge in [0.15, 0.2) is 0 Å². The lowest BCUT2D eigenvalue weighted by Crippen LogP contribution is -2.37. The normalized spacial score (nSPS) is 21.1. The van der Waals surface area contributed by atoms with Crippen LogP contribution in [0.2, 0.25) is 0 Å².